The Morgan fingerprint density at radius 2 is 2.44 bits per heavy atom. The van der Waals surface area contributed by atoms with Gasteiger partial charge in [-0.15, -0.1) is 0 Å². The summed E-state index contributed by atoms with van der Waals surface area (Å²) in [6.45, 7) is 5.66. The second kappa shape index (κ2) is 4.51. The maximum Gasteiger partial charge on any atom is 0.138 e. The average molecular weight is 225 g/mol. The van der Waals surface area contributed by atoms with Crippen molar-refractivity contribution in [3.8, 4) is 0 Å². The molecule has 5 nitrogen and oxygen atoms in total. The molecule has 1 fully saturated rings. The van der Waals surface area contributed by atoms with Crippen LogP contribution in [0.5, 0.6) is 0 Å². The molecule has 90 valence electrons. The molecule has 1 atom stereocenters. The molecule has 1 aromatic rings. The van der Waals surface area contributed by atoms with E-state index in [0.29, 0.717) is 12.6 Å². The van der Waals surface area contributed by atoms with Crippen molar-refractivity contribution in [3.05, 3.63) is 12.2 Å². The number of aliphatic hydroxyl groups excluding tert-OH is 1. The largest absolute Gasteiger partial charge is 0.396 e. The quantitative estimate of drug-likeness (QED) is 0.823. The van der Waals surface area contributed by atoms with E-state index in [4.69, 9.17) is 4.74 Å². The summed E-state index contributed by atoms with van der Waals surface area (Å²) in [5.74, 6) is 0.939. The predicted molar refractivity (Wildman–Crippen MR) is 59.1 cm³/mol. The van der Waals surface area contributed by atoms with Gasteiger partial charge in [0.1, 0.15) is 12.2 Å². The summed E-state index contributed by atoms with van der Waals surface area (Å²) < 4.78 is 7.30. The van der Waals surface area contributed by atoms with Crippen LogP contribution < -0.4 is 0 Å². The van der Waals surface area contributed by atoms with Crippen LogP contribution in [0.3, 0.4) is 0 Å². The number of hydrogen-bond donors (Lipinski definition) is 1. The fraction of sp³-hybridized carbons (Fsp3) is 0.818. The second-order valence-corrected chi connectivity index (χ2v) is 4.85. The maximum atomic E-state index is 9.51. The van der Waals surface area contributed by atoms with Crippen LogP contribution in [0, 0.1) is 5.41 Å². The van der Waals surface area contributed by atoms with Gasteiger partial charge >= 0.3 is 0 Å². The lowest BCUT2D eigenvalue weighted by atomic mass is 9.84. The summed E-state index contributed by atoms with van der Waals surface area (Å²) in [6, 6.07) is 0.301. The molecular weight excluding hydrogens is 206 g/mol. The van der Waals surface area contributed by atoms with Gasteiger partial charge in [0.25, 0.3) is 0 Å². The Labute approximate surface area is 95.4 Å². The van der Waals surface area contributed by atoms with E-state index < -0.39 is 0 Å². The number of hydrogen-bond acceptors (Lipinski definition) is 4. The van der Waals surface area contributed by atoms with Crippen molar-refractivity contribution in [1.29, 1.82) is 0 Å². The van der Waals surface area contributed by atoms with Crippen molar-refractivity contribution in [2.45, 2.75) is 32.7 Å². The van der Waals surface area contributed by atoms with Crippen molar-refractivity contribution in [1.82, 2.24) is 14.8 Å². The van der Waals surface area contributed by atoms with Crippen LogP contribution in [0.15, 0.2) is 6.33 Å². The van der Waals surface area contributed by atoms with E-state index in [1.807, 2.05) is 4.68 Å². The Hall–Kier alpha value is -0.940. The van der Waals surface area contributed by atoms with E-state index in [1.54, 1.807) is 6.33 Å². The van der Waals surface area contributed by atoms with Gasteiger partial charge in [-0.25, -0.2) is 9.67 Å². The Kier molecular flexibility index (Phi) is 3.25. The Bertz CT molecular complexity index is 343. The van der Waals surface area contributed by atoms with E-state index in [0.717, 1.165) is 25.3 Å². The molecule has 2 rings (SSSR count). The van der Waals surface area contributed by atoms with Gasteiger partial charge in [-0.1, -0.05) is 0 Å². The topological polar surface area (TPSA) is 60.2 Å². The van der Waals surface area contributed by atoms with Crippen LogP contribution in [-0.2, 0) is 11.2 Å². The van der Waals surface area contributed by atoms with Gasteiger partial charge in [-0.05, 0) is 20.3 Å². The normalized spacial score (nSPS) is 25.5. The second-order valence-electron chi connectivity index (χ2n) is 4.85. The van der Waals surface area contributed by atoms with Gasteiger partial charge in [-0.2, -0.15) is 5.10 Å². The highest BCUT2D eigenvalue weighted by molar-refractivity contribution is 4.96. The monoisotopic (exact) mass is 225 g/mol. The number of aromatic nitrogens is 3. The van der Waals surface area contributed by atoms with Crippen molar-refractivity contribution in [2.24, 2.45) is 5.41 Å². The molecule has 0 bridgehead atoms. The number of nitrogens with zero attached hydrogens (tertiary/aromatic N) is 3. The first-order chi connectivity index (χ1) is 7.67. The van der Waals surface area contributed by atoms with Gasteiger partial charge in [0, 0.05) is 24.5 Å². The fourth-order valence-electron chi connectivity index (χ4n) is 2.14. The SMILES string of the molecule is CC(C)n1ncnc1CC1(CO)CCOC1. The first kappa shape index (κ1) is 11.5. The minimum atomic E-state index is -0.153. The third-order valence-corrected chi connectivity index (χ3v) is 3.19. The van der Waals surface area contributed by atoms with E-state index in [2.05, 4.69) is 23.9 Å². The molecule has 2 heterocycles. The smallest absolute Gasteiger partial charge is 0.138 e. The molecule has 16 heavy (non-hydrogen) atoms. The van der Waals surface area contributed by atoms with Crippen LogP contribution >= 0.6 is 0 Å². The third kappa shape index (κ3) is 2.10. The highest BCUT2D eigenvalue weighted by Gasteiger charge is 2.36. The lowest BCUT2D eigenvalue weighted by molar-refractivity contribution is 0.0907. The van der Waals surface area contributed by atoms with Gasteiger partial charge < -0.3 is 9.84 Å². The molecule has 0 aromatic carbocycles. The van der Waals surface area contributed by atoms with E-state index in [-0.39, 0.29) is 12.0 Å². The molecule has 1 saturated heterocycles. The molecule has 0 amide bonds. The standard InChI is InChI=1S/C11H19N3O2/c1-9(2)14-10(12-8-13-14)5-11(6-15)3-4-16-7-11/h8-9,15H,3-7H2,1-2H3. The summed E-state index contributed by atoms with van der Waals surface area (Å²) in [7, 11) is 0. The molecular formula is C11H19N3O2. The molecule has 1 aliphatic heterocycles. The molecule has 1 aromatic heterocycles. The van der Waals surface area contributed by atoms with Crippen LogP contribution in [-0.4, -0.2) is 39.7 Å². The summed E-state index contributed by atoms with van der Waals surface area (Å²) in [5.41, 5.74) is -0.153. The Morgan fingerprint density at radius 3 is 3.00 bits per heavy atom. The molecule has 0 spiro atoms. The van der Waals surface area contributed by atoms with Crippen LogP contribution in [0.2, 0.25) is 0 Å². The summed E-state index contributed by atoms with van der Waals surface area (Å²) in [5, 5.41) is 13.7. The van der Waals surface area contributed by atoms with Gasteiger partial charge in [0.15, 0.2) is 0 Å². The molecule has 5 heteroatoms. The zero-order valence-electron chi connectivity index (χ0n) is 9.89. The zero-order chi connectivity index (χ0) is 11.6. The maximum absolute atomic E-state index is 9.51. The van der Waals surface area contributed by atoms with Crippen molar-refractivity contribution < 1.29 is 9.84 Å². The summed E-state index contributed by atoms with van der Waals surface area (Å²) >= 11 is 0. The molecule has 1 unspecified atom stereocenters. The Morgan fingerprint density at radius 1 is 1.62 bits per heavy atom. The number of aliphatic hydroxyl groups is 1. The molecule has 0 saturated carbocycles. The highest BCUT2D eigenvalue weighted by atomic mass is 16.5. The van der Waals surface area contributed by atoms with Gasteiger partial charge in [0.2, 0.25) is 0 Å². The van der Waals surface area contributed by atoms with Gasteiger partial charge in [-0.3, -0.25) is 0 Å². The van der Waals surface area contributed by atoms with Crippen LogP contribution in [0.4, 0.5) is 0 Å². The lowest BCUT2D eigenvalue weighted by Gasteiger charge is -2.24. The van der Waals surface area contributed by atoms with Crippen LogP contribution in [0.1, 0.15) is 32.1 Å². The molecule has 0 aliphatic carbocycles. The molecule has 1 N–H and O–H groups in total. The minimum Gasteiger partial charge on any atom is -0.396 e. The minimum absolute atomic E-state index is 0.151. The number of rotatable bonds is 4. The van der Waals surface area contributed by atoms with Crippen molar-refractivity contribution in [3.63, 3.8) is 0 Å². The third-order valence-electron chi connectivity index (χ3n) is 3.19. The lowest BCUT2D eigenvalue weighted by Crippen LogP contribution is -2.30. The van der Waals surface area contributed by atoms with E-state index in [1.165, 1.54) is 0 Å². The first-order valence-corrected chi connectivity index (χ1v) is 5.74. The molecule has 0 radical (unpaired) electrons. The Balaban J connectivity index is 2.16. The highest BCUT2D eigenvalue weighted by Crippen LogP contribution is 2.31. The summed E-state index contributed by atoms with van der Waals surface area (Å²) in [6.07, 6.45) is 3.21. The molecule has 1 aliphatic rings. The van der Waals surface area contributed by atoms with Crippen LogP contribution in [0.25, 0.3) is 0 Å². The van der Waals surface area contributed by atoms with Crippen molar-refractivity contribution >= 4 is 0 Å². The van der Waals surface area contributed by atoms with Crippen molar-refractivity contribution in [2.75, 3.05) is 19.8 Å². The van der Waals surface area contributed by atoms with Gasteiger partial charge in [0.05, 0.1) is 13.2 Å². The fourth-order valence-corrected chi connectivity index (χ4v) is 2.14. The van der Waals surface area contributed by atoms with E-state index >= 15 is 0 Å². The van der Waals surface area contributed by atoms with E-state index in [9.17, 15) is 5.11 Å². The average Bonchev–Trinajstić information content (AvgIpc) is 2.88. The predicted octanol–water partition coefficient (Wildman–Crippen LogP) is 0.800. The summed E-state index contributed by atoms with van der Waals surface area (Å²) in [4.78, 5) is 4.28. The first-order valence-electron chi connectivity index (χ1n) is 5.74. The zero-order valence-corrected chi connectivity index (χ0v) is 9.89. The number of ether oxygens (including phenoxy) is 1.